The van der Waals surface area contributed by atoms with Crippen molar-refractivity contribution in [3.8, 4) is 5.75 Å². The maximum absolute atomic E-state index is 12.2. The van der Waals surface area contributed by atoms with Crippen molar-refractivity contribution in [2.45, 2.75) is 25.4 Å². The molecule has 0 aliphatic carbocycles. The Morgan fingerprint density at radius 3 is 2.87 bits per heavy atom. The van der Waals surface area contributed by atoms with E-state index in [2.05, 4.69) is 11.4 Å². The lowest BCUT2D eigenvalue weighted by molar-refractivity contribution is 0.0704. The second-order valence-corrected chi connectivity index (χ2v) is 5.81. The summed E-state index contributed by atoms with van der Waals surface area (Å²) in [6, 6.07) is 10.2. The molecule has 23 heavy (non-hydrogen) atoms. The number of benzene rings is 1. The third-order valence-electron chi connectivity index (χ3n) is 4.28. The molecule has 1 fully saturated rings. The highest BCUT2D eigenvalue weighted by Crippen LogP contribution is 2.16. The molecule has 5 heteroatoms. The van der Waals surface area contributed by atoms with Crippen molar-refractivity contribution in [2.24, 2.45) is 0 Å². The molecule has 5 nitrogen and oxygen atoms in total. The first-order valence-corrected chi connectivity index (χ1v) is 7.94. The largest absolute Gasteiger partial charge is 0.497 e. The Hall–Kier alpha value is -2.27. The Kier molecular flexibility index (Phi) is 4.98. The highest BCUT2D eigenvalue weighted by Gasteiger charge is 2.23. The lowest BCUT2D eigenvalue weighted by atomic mass is 10.0. The van der Waals surface area contributed by atoms with Crippen LogP contribution in [0.2, 0.25) is 0 Å². The molecule has 1 saturated heterocycles. The van der Waals surface area contributed by atoms with Crippen LogP contribution in [0.4, 0.5) is 0 Å². The van der Waals surface area contributed by atoms with Gasteiger partial charge in [0.25, 0.3) is 5.91 Å². The molecule has 0 radical (unpaired) electrons. The first-order chi connectivity index (χ1) is 11.3. The van der Waals surface area contributed by atoms with Gasteiger partial charge in [-0.3, -0.25) is 4.79 Å². The van der Waals surface area contributed by atoms with Crippen LogP contribution in [0, 0.1) is 0 Å². The number of piperidine rings is 1. The summed E-state index contributed by atoms with van der Waals surface area (Å²) in [5.74, 6) is 0.940. The lowest BCUT2D eigenvalue weighted by Crippen LogP contribution is -2.44. The van der Waals surface area contributed by atoms with E-state index in [-0.39, 0.29) is 5.91 Å². The van der Waals surface area contributed by atoms with Gasteiger partial charge in [0, 0.05) is 25.7 Å². The van der Waals surface area contributed by atoms with E-state index in [4.69, 9.17) is 9.15 Å². The summed E-state index contributed by atoms with van der Waals surface area (Å²) in [7, 11) is 1.68. The van der Waals surface area contributed by atoms with Crippen molar-refractivity contribution in [2.75, 3.05) is 20.2 Å². The van der Waals surface area contributed by atoms with Gasteiger partial charge in [-0.15, -0.1) is 0 Å². The van der Waals surface area contributed by atoms with Gasteiger partial charge in [-0.2, -0.15) is 0 Å². The third kappa shape index (κ3) is 3.93. The summed E-state index contributed by atoms with van der Waals surface area (Å²) in [4.78, 5) is 14.1. The average Bonchev–Trinajstić information content (AvgIpc) is 3.14. The molecule has 0 unspecified atom stereocenters. The fourth-order valence-electron chi connectivity index (χ4n) is 2.90. The minimum Gasteiger partial charge on any atom is -0.497 e. The van der Waals surface area contributed by atoms with Gasteiger partial charge in [-0.25, -0.2) is 0 Å². The maximum atomic E-state index is 12.2. The zero-order valence-corrected chi connectivity index (χ0v) is 13.3. The third-order valence-corrected chi connectivity index (χ3v) is 4.28. The van der Waals surface area contributed by atoms with Crippen LogP contribution in [0.3, 0.4) is 0 Å². The van der Waals surface area contributed by atoms with Crippen LogP contribution in [0.1, 0.15) is 28.8 Å². The maximum Gasteiger partial charge on any atom is 0.257 e. The second kappa shape index (κ2) is 7.33. The Morgan fingerprint density at radius 1 is 1.35 bits per heavy atom. The number of carbonyl (C=O) groups is 1. The number of rotatable bonds is 5. The van der Waals surface area contributed by atoms with Gasteiger partial charge < -0.3 is 19.4 Å². The Balaban J connectivity index is 1.46. The summed E-state index contributed by atoms with van der Waals surface area (Å²) < 4.78 is 10.2. The molecular formula is C18H22N2O3. The first-order valence-electron chi connectivity index (χ1n) is 7.94. The Bertz CT molecular complexity index is 631. The van der Waals surface area contributed by atoms with Crippen LogP contribution in [-0.2, 0) is 6.54 Å². The highest BCUT2D eigenvalue weighted by atomic mass is 16.5. The van der Waals surface area contributed by atoms with Crippen LogP contribution in [-0.4, -0.2) is 37.0 Å². The Labute approximate surface area is 136 Å². The number of carbonyl (C=O) groups excluding carboxylic acids is 1. The zero-order chi connectivity index (χ0) is 16.1. The van der Waals surface area contributed by atoms with E-state index in [0.29, 0.717) is 11.6 Å². The first kappa shape index (κ1) is 15.6. The molecule has 1 N–H and O–H groups in total. The second-order valence-electron chi connectivity index (χ2n) is 5.81. The van der Waals surface area contributed by atoms with E-state index in [1.165, 1.54) is 18.1 Å². The lowest BCUT2D eigenvalue weighted by Gasteiger charge is -2.32. The van der Waals surface area contributed by atoms with Gasteiger partial charge in [0.05, 0.1) is 18.9 Å². The van der Waals surface area contributed by atoms with Crippen LogP contribution < -0.4 is 10.1 Å². The average molecular weight is 314 g/mol. The van der Waals surface area contributed by atoms with Gasteiger partial charge >= 0.3 is 0 Å². The molecule has 2 heterocycles. The number of nitrogens with zero attached hydrogens (tertiary/aromatic N) is 1. The number of hydrogen-bond acceptors (Lipinski definition) is 4. The van der Waals surface area contributed by atoms with E-state index in [1.54, 1.807) is 13.2 Å². The molecule has 1 aliphatic rings. The van der Waals surface area contributed by atoms with Gasteiger partial charge in [-0.05, 0) is 36.6 Å². The van der Waals surface area contributed by atoms with Crippen LogP contribution >= 0.6 is 0 Å². The van der Waals surface area contributed by atoms with Gasteiger partial charge in [0.15, 0.2) is 0 Å². The van der Waals surface area contributed by atoms with Crippen molar-refractivity contribution < 1.29 is 13.9 Å². The van der Waals surface area contributed by atoms with Crippen LogP contribution in [0.5, 0.6) is 5.75 Å². The van der Waals surface area contributed by atoms with Gasteiger partial charge in [-0.1, -0.05) is 12.1 Å². The Morgan fingerprint density at radius 2 is 2.17 bits per heavy atom. The quantitative estimate of drug-likeness (QED) is 0.922. The molecule has 0 bridgehead atoms. The van der Waals surface area contributed by atoms with Crippen molar-refractivity contribution >= 4 is 5.91 Å². The van der Waals surface area contributed by atoms with E-state index in [1.807, 2.05) is 23.1 Å². The fourth-order valence-corrected chi connectivity index (χ4v) is 2.90. The van der Waals surface area contributed by atoms with E-state index in [9.17, 15) is 4.79 Å². The topological polar surface area (TPSA) is 54.7 Å². The van der Waals surface area contributed by atoms with E-state index in [0.717, 1.165) is 38.2 Å². The van der Waals surface area contributed by atoms with Crippen molar-refractivity contribution in [1.82, 2.24) is 10.2 Å². The predicted molar refractivity (Wildman–Crippen MR) is 87.5 cm³/mol. The zero-order valence-electron chi connectivity index (χ0n) is 13.3. The summed E-state index contributed by atoms with van der Waals surface area (Å²) >= 11 is 0. The number of hydrogen-bond donors (Lipinski definition) is 1. The molecule has 122 valence electrons. The number of methoxy groups -OCH3 is 1. The number of amides is 1. The monoisotopic (exact) mass is 314 g/mol. The molecule has 1 amide bonds. The molecule has 0 atom stereocenters. The van der Waals surface area contributed by atoms with Crippen molar-refractivity contribution in [3.05, 3.63) is 54.0 Å². The summed E-state index contributed by atoms with van der Waals surface area (Å²) in [5, 5.41) is 3.57. The number of likely N-dealkylation sites (tertiary alicyclic amines) is 1. The summed E-state index contributed by atoms with van der Waals surface area (Å²) in [6.45, 7) is 2.37. The van der Waals surface area contributed by atoms with Gasteiger partial charge in [0.1, 0.15) is 12.0 Å². The molecule has 0 spiro atoms. The van der Waals surface area contributed by atoms with Crippen LogP contribution in [0.15, 0.2) is 47.3 Å². The van der Waals surface area contributed by atoms with Crippen molar-refractivity contribution in [1.29, 1.82) is 0 Å². The van der Waals surface area contributed by atoms with E-state index >= 15 is 0 Å². The van der Waals surface area contributed by atoms with E-state index < -0.39 is 0 Å². The molecule has 1 aliphatic heterocycles. The predicted octanol–water partition coefficient (Wildman–Crippen LogP) is 2.68. The smallest absolute Gasteiger partial charge is 0.257 e. The molecule has 1 aromatic heterocycles. The number of furan rings is 1. The SMILES string of the molecule is COc1cccc(CNC2CCN(C(=O)c3ccoc3)CC2)c1. The number of ether oxygens (including phenoxy) is 1. The normalized spacial score (nSPS) is 15.6. The number of nitrogens with one attached hydrogen (secondary N) is 1. The van der Waals surface area contributed by atoms with Crippen LogP contribution in [0.25, 0.3) is 0 Å². The molecule has 2 aromatic rings. The molecule has 0 saturated carbocycles. The molecule has 3 rings (SSSR count). The minimum atomic E-state index is 0.0602. The highest BCUT2D eigenvalue weighted by molar-refractivity contribution is 5.93. The fraction of sp³-hybridized carbons (Fsp3) is 0.389. The standard InChI is InChI=1S/C18H22N2O3/c1-22-17-4-2-3-14(11-17)12-19-16-5-8-20(9-6-16)18(21)15-7-10-23-13-15/h2-4,7,10-11,13,16,19H,5-6,8-9,12H2,1H3. The summed E-state index contributed by atoms with van der Waals surface area (Å²) in [6.07, 6.45) is 4.98. The minimum absolute atomic E-state index is 0.0602. The summed E-state index contributed by atoms with van der Waals surface area (Å²) in [5.41, 5.74) is 1.84. The molecule has 1 aromatic carbocycles. The van der Waals surface area contributed by atoms with Crippen molar-refractivity contribution in [3.63, 3.8) is 0 Å². The van der Waals surface area contributed by atoms with Gasteiger partial charge in [0.2, 0.25) is 0 Å². The molecular weight excluding hydrogens is 292 g/mol.